The zero-order chi connectivity index (χ0) is 13.5. The Labute approximate surface area is 107 Å². The van der Waals surface area contributed by atoms with Crippen LogP contribution in [0.2, 0.25) is 0 Å². The number of carbonyl (C=O) groups is 2. The summed E-state index contributed by atoms with van der Waals surface area (Å²) in [5, 5.41) is 14.2. The smallest absolute Gasteiger partial charge is 0.315 e. The largest absolute Gasteiger partial charge is 0.481 e. The maximum absolute atomic E-state index is 11.5. The number of amides is 2. The molecule has 0 radical (unpaired) electrons. The number of carbonyl (C=O) groups excluding carboxylic acids is 1. The van der Waals surface area contributed by atoms with Gasteiger partial charge in [-0.1, -0.05) is 6.92 Å². The van der Waals surface area contributed by atoms with Gasteiger partial charge in [0.1, 0.15) is 0 Å². The van der Waals surface area contributed by atoms with Crippen molar-refractivity contribution in [3.05, 3.63) is 0 Å². The number of carboxylic acid groups (broad SMARTS) is 1. The van der Waals surface area contributed by atoms with Crippen molar-refractivity contribution in [2.75, 3.05) is 13.2 Å². The summed E-state index contributed by atoms with van der Waals surface area (Å²) >= 11 is 0. The third-order valence-corrected chi connectivity index (χ3v) is 3.18. The molecule has 6 nitrogen and oxygen atoms in total. The van der Waals surface area contributed by atoms with Gasteiger partial charge in [0.25, 0.3) is 0 Å². The minimum atomic E-state index is -0.877. The average Bonchev–Trinajstić information content (AvgIpc) is 2.26. The van der Waals surface area contributed by atoms with E-state index in [9.17, 15) is 9.59 Å². The molecule has 1 saturated carbocycles. The van der Waals surface area contributed by atoms with Gasteiger partial charge in [0.15, 0.2) is 0 Å². The van der Waals surface area contributed by atoms with Crippen molar-refractivity contribution in [2.45, 2.75) is 45.3 Å². The molecule has 6 heteroatoms. The Morgan fingerprint density at radius 1 is 1.39 bits per heavy atom. The van der Waals surface area contributed by atoms with Gasteiger partial charge in [-0.2, -0.15) is 0 Å². The fraction of sp³-hybridized carbons (Fsp3) is 0.833. The number of urea groups is 1. The molecule has 0 bridgehead atoms. The number of aliphatic carboxylic acids is 1. The molecule has 104 valence electrons. The number of carboxylic acids is 1. The lowest BCUT2D eigenvalue weighted by molar-refractivity contribution is -0.141. The maximum atomic E-state index is 11.5. The number of hydrogen-bond acceptors (Lipinski definition) is 3. The number of nitrogens with one attached hydrogen (secondary N) is 2. The molecule has 0 heterocycles. The van der Waals surface area contributed by atoms with E-state index in [1.54, 1.807) is 6.92 Å². The lowest BCUT2D eigenvalue weighted by Gasteiger charge is -2.35. The van der Waals surface area contributed by atoms with E-state index in [1.807, 2.05) is 6.92 Å². The van der Waals surface area contributed by atoms with Gasteiger partial charge >= 0.3 is 12.0 Å². The van der Waals surface area contributed by atoms with Gasteiger partial charge in [0.05, 0.1) is 12.0 Å². The fourth-order valence-electron chi connectivity index (χ4n) is 1.91. The van der Waals surface area contributed by atoms with Crippen LogP contribution in [0.5, 0.6) is 0 Å². The summed E-state index contributed by atoms with van der Waals surface area (Å²) < 4.78 is 5.39. The van der Waals surface area contributed by atoms with Crippen LogP contribution < -0.4 is 10.6 Å². The highest BCUT2D eigenvalue weighted by Crippen LogP contribution is 2.22. The Balaban J connectivity index is 2.13. The van der Waals surface area contributed by atoms with Crippen LogP contribution in [0, 0.1) is 5.92 Å². The highest BCUT2D eigenvalue weighted by Gasteiger charge is 2.30. The molecule has 0 saturated heterocycles. The second kappa shape index (κ2) is 7.20. The van der Waals surface area contributed by atoms with Gasteiger partial charge < -0.3 is 20.5 Å². The first-order valence-electron chi connectivity index (χ1n) is 6.45. The summed E-state index contributed by atoms with van der Waals surface area (Å²) in [7, 11) is 0. The molecule has 1 rings (SSSR count). The van der Waals surface area contributed by atoms with E-state index in [-0.39, 0.29) is 24.7 Å². The standard InChI is InChI=1S/C12H22N2O4/c1-3-8(11(15)16)7-13-12(17)14-9-5-10(6-9)18-4-2/h8-10H,3-7H2,1-2H3,(H,15,16)(H2,13,14,17). The summed E-state index contributed by atoms with van der Waals surface area (Å²) in [6.45, 7) is 4.60. The second-order valence-electron chi connectivity index (χ2n) is 4.54. The van der Waals surface area contributed by atoms with Crippen LogP contribution >= 0.6 is 0 Å². The molecular weight excluding hydrogens is 236 g/mol. The summed E-state index contributed by atoms with van der Waals surface area (Å²) in [5.74, 6) is -1.40. The molecule has 1 aliphatic carbocycles. The zero-order valence-electron chi connectivity index (χ0n) is 10.9. The Bertz CT molecular complexity index is 290. The number of hydrogen-bond donors (Lipinski definition) is 3. The highest BCUT2D eigenvalue weighted by atomic mass is 16.5. The summed E-state index contributed by atoms with van der Waals surface area (Å²) in [6.07, 6.45) is 2.42. The van der Waals surface area contributed by atoms with Crippen molar-refractivity contribution in [3.8, 4) is 0 Å². The van der Waals surface area contributed by atoms with E-state index in [4.69, 9.17) is 9.84 Å². The van der Waals surface area contributed by atoms with Gasteiger partial charge in [0.2, 0.25) is 0 Å². The van der Waals surface area contributed by atoms with Gasteiger partial charge in [-0.15, -0.1) is 0 Å². The monoisotopic (exact) mass is 258 g/mol. The van der Waals surface area contributed by atoms with Gasteiger partial charge in [-0.25, -0.2) is 4.79 Å². The van der Waals surface area contributed by atoms with E-state index >= 15 is 0 Å². The van der Waals surface area contributed by atoms with Crippen molar-refractivity contribution >= 4 is 12.0 Å². The topological polar surface area (TPSA) is 87.7 Å². The summed E-state index contributed by atoms with van der Waals surface area (Å²) in [6, 6.07) is -0.152. The molecule has 1 aliphatic rings. The lowest BCUT2D eigenvalue weighted by Crippen LogP contribution is -2.51. The molecule has 0 aromatic rings. The molecule has 1 fully saturated rings. The van der Waals surface area contributed by atoms with Gasteiger partial charge in [-0.3, -0.25) is 4.79 Å². The van der Waals surface area contributed by atoms with Crippen LogP contribution in [0.25, 0.3) is 0 Å². The predicted molar refractivity (Wildman–Crippen MR) is 66.4 cm³/mol. The molecule has 2 amide bonds. The first-order chi connectivity index (χ1) is 8.56. The van der Waals surface area contributed by atoms with Crippen molar-refractivity contribution in [1.82, 2.24) is 10.6 Å². The van der Waals surface area contributed by atoms with Crippen molar-refractivity contribution in [3.63, 3.8) is 0 Å². The van der Waals surface area contributed by atoms with Crippen LogP contribution in [-0.2, 0) is 9.53 Å². The van der Waals surface area contributed by atoms with Crippen molar-refractivity contribution < 1.29 is 19.4 Å². The molecule has 1 unspecified atom stereocenters. The van der Waals surface area contributed by atoms with Crippen LogP contribution in [0.3, 0.4) is 0 Å². The third-order valence-electron chi connectivity index (χ3n) is 3.18. The van der Waals surface area contributed by atoms with E-state index in [2.05, 4.69) is 10.6 Å². The molecule has 1 atom stereocenters. The second-order valence-corrected chi connectivity index (χ2v) is 4.54. The van der Waals surface area contributed by atoms with E-state index in [0.717, 1.165) is 12.8 Å². The van der Waals surface area contributed by atoms with Gasteiger partial charge in [-0.05, 0) is 26.2 Å². The molecule has 0 aromatic carbocycles. The van der Waals surface area contributed by atoms with Crippen LogP contribution in [0.4, 0.5) is 4.79 Å². The quantitative estimate of drug-likeness (QED) is 0.635. The first kappa shape index (κ1) is 14.8. The molecule has 0 aliphatic heterocycles. The summed E-state index contributed by atoms with van der Waals surface area (Å²) in [5.41, 5.74) is 0. The predicted octanol–water partition coefficient (Wildman–Crippen LogP) is 0.964. The van der Waals surface area contributed by atoms with E-state index < -0.39 is 11.9 Å². The van der Waals surface area contributed by atoms with Crippen LogP contribution in [0.1, 0.15) is 33.1 Å². The van der Waals surface area contributed by atoms with Crippen LogP contribution in [-0.4, -0.2) is 42.4 Å². The highest BCUT2D eigenvalue weighted by molar-refractivity contribution is 5.76. The van der Waals surface area contributed by atoms with E-state index in [0.29, 0.717) is 13.0 Å². The van der Waals surface area contributed by atoms with Crippen molar-refractivity contribution in [2.24, 2.45) is 5.92 Å². The third kappa shape index (κ3) is 4.52. The first-order valence-corrected chi connectivity index (χ1v) is 6.45. The molecular formula is C12H22N2O4. The van der Waals surface area contributed by atoms with Gasteiger partial charge in [0, 0.05) is 19.2 Å². The summed E-state index contributed by atoms with van der Waals surface area (Å²) in [4.78, 5) is 22.3. The maximum Gasteiger partial charge on any atom is 0.315 e. The minimum absolute atomic E-state index is 0.145. The molecule has 3 N–H and O–H groups in total. The Kier molecular flexibility index (Phi) is 5.91. The Hall–Kier alpha value is -1.30. The number of rotatable bonds is 7. The minimum Gasteiger partial charge on any atom is -0.481 e. The normalized spacial score (nSPS) is 23.9. The molecule has 0 aromatic heterocycles. The molecule has 0 spiro atoms. The van der Waals surface area contributed by atoms with Crippen molar-refractivity contribution in [1.29, 1.82) is 0 Å². The number of ether oxygens (including phenoxy) is 1. The van der Waals surface area contributed by atoms with Crippen LogP contribution in [0.15, 0.2) is 0 Å². The van der Waals surface area contributed by atoms with E-state index in [1.165, 1.54) is 0 Å². The Morgan fingerprint density at radius 3 is 2.56 bits per heavy atom. The fourth-order valence-corrected chi connectivity index (χ4v) is 1.91. The SMILES string of the molecule is CCOC1CC(NC(=O)NCC(CC)C(=O)O)C1. The molecule has 18 heavy (non-hydrogen) atoms. The average molecular weight is 258 g/mol. The zero-order valence-corrected chi connectivity index (χ0v) is 10.9. The Morgan fingerprint density at radius 2 is 2.06 bits per heavy atom. The lowest BCUT2D eigenvalue weighted by atomic mass is 9.89.